The molecule has 4 nitrogen and oxygen atoms in total. The number of hydrogen-bond donors (Lipinski definition) is 2. The summed E-state index contributed by atoms with van der Waals surface area (Å²) < 4.78 is 0. The van der Waals surface area contributed by atoms with E-state index >= 15 is 0 Å². The predicted molar refractivity (Wildman–Crippen MR) is 87.6 cm³/mol. The highest BCUT2D eigenvalue weighted by atomic mass is 16.2. The van der Waals surface area contributed by atoms with Gasteiger partial charge in [0.2, 0.25) is 11.8 Å². The van der Waals surface area contributed by atoms with Crippen molar-refractivity contribution in [2.24, 2.45) is 0 Å². The average Bonchev–Trinajstić information content (AvgIpc) is 2.53. The van der Waals surface area contributed by atoms with Gasteiger partial charge >= 0.3 is 0 Å². The van der Waals surface area contributed by atoms with Crippen LogP contribution in [-0.4, -0.2) is 24.9 Å². The van der Waals surface area contributed by atoms with Gasteiger partial charge in [0, 0.05) is 6.54 Å². The molecule has 4 heteroatoms. The minimum absolute atomic E-state index is 0.0101. The summed E-state index contributed by atoms with van der Waals surface area (Å²) >= 11 is 0. The Morgan fingerprint density at radius 1 is 1.14 bits per heavy atom. The Hall–Kier alpha value is -1.84. The van der Waals surface area contributed by atoms with E-state index in [0.29, 0.717) is 6.54 Å². The van der Waals surface area contributed by atoms with Crippen LogP contribution in [0.5, 0.6) is 0 Å². The van der Waals surface area contributed by atoms with Crippen molar-refractivity contribution >= 4 is 11.8 Å². The number of rotatable bonds is 5. The third-order valence-electron chi connectivity index (χ3n) is 4.50. The maximum atomic E-state index is 12.8. The van der Waals surface area contributed by atoms with Crippen LogP contribution in [0.25, 0.3) is 0 Å². The summed E-state index contributed by atoms with van der Waals surface area (Å²) in [4.78, 5) is 24.4. The highest BCUT2D eigenvalue weighted by Gasteiger charge is 2.41. The summed E-state index contributed by atoms with van der Waals surface area (Å²) in [5.74, 6) is -0.143. The van der Waals surface area contributed by atoms with Crippen molar-refractivity contribution < 1.29 is 9.59 Å². The van der Waals surface area contributed by atoms with Gasteiger partial charge in [0.05, 0.1) is 12.0 Å². The Morgan fingerprint density at radius 2 is 1.86 bits per heavy atom. The van der Waals surface area contributed by atoms with Gasteiger partial charge in [-0.2, -0.15) is 0 Å². The van der Waals surface area contributed by atoms with Crippen LogP contribution in [0.15, 0.2) is 24.3 Å². The zero-order valence-corrected chi connectivity index (χ0v) is 13.6. The van der Waals surface area contributed by atoms with E-state index in [0.717, 1.165) is 31.2 Å². The van der Waals surface area contributed by atoms with Crippen molar-refractivity contribution in [2.75, 3.05) is 13.1 Å². The zero-order valence-electron chi connectivity index (χ0n) is 13.6. The summed E-state index contributed by atoms with van der Waals surface area (Å²) in [6.07, 6.45) is 5.01. The molecule has 2 N–H and O–H groups in total. The molecule has 22 heavy (non-hydrogen) atoms. The van der Waals surface area contributed by atoms with Gasteiger partial charge in [0.15, 0.2) is 0 Å². The molecule has 0 radical (unpaired) electrons. The van der Waals surface area contributed by atoms with E-state index in [2.05, 4.69) is 16.7 Å². The van der Waals surface area contributed by atoms with Gasteiger partial charge in [-0.3, -0.25) is 9.59 Å². The fourth-order valence-electron chi connectivity index (χ4n) is 3.33. The van der Waals surface area contributed by atoms with Crippen LogP contribution in [0, 0.1) is 6.92 Å². The summed E-state index contributed by atoms with van der Waals surface area (Å²) in [6, 6.07) is 8.21. The quantitative estimate of drug-likeness (QED) is 0.878. The lowest BCUT2D eigenvalue weighted by Gasteiger charge is -2.36. The second kappa shape index (κ2) is 7.43. The molecule has 0 saturated heterocycles. The van der Waals surface area contributed by atoms with E-state index in [1.165, 1.54) is 12.0 Å². The van der Waals surface area contributed by atoms with Gasteiger partial charge in [-0.25, -0.2) is 0 Å². The van der Waals surface area contributed by atoms with Crippen molar-refractivity contribution in [2.45, 2.75) is 51.4 Å². The molecule has 0 unspecified atom stereocenters. The Bertz CT molecular complexity index is 534. The number of carbonyl (C=O) groups excluding carboxylic acids is 2. The molecule has 0 atom stereocenters. The second-order valence-corrected chi connectivity index (χ2v) is 6.15. The molecule has 0 bridgehead atoms. The molecule has 1 saturated carbocycles. The van der Waals surface area contributed by atoms with E-state index in [-0.39, 0.29) is 18.4 Å². The molecule has 0 spiro atoms. The number of aryl methyl sites for hydroxylation is 1. The van der Waals surface area contributed by atoms with Crippen molar-refractivity contribution in [1.82, 2.24) is 10.6 Å². The summed E-state index contributed by atoms with van der Waals surface area (Å²) in [7, 11) is 0. The van der Waals surface area contributed by atoms with E-state index in [1.54, 1.807) is 0 Å². The van der Waals surface area contributed by atoms with Gasteiger partial charge in [-0.1, -0.05) is 49.1 Å². The summed E-state index contributed by atoms with van der Waals surface area (Å²) in [5, 5.41) is 5.56. The minimum Gasteiger partial charge on any atom is -0.355 e. The van der Waals surface area contributed by atoms with Gasteiger partial charge < -0.3 is 10.6 Å². The van der Waals surface area contributed by atoms with Gasteiger partial charge in [0.1, 0.15) is 0 Å². The number of hydrogen-bond acceptors (Lipinski definition) is 2. The minimum atomic E-state index is -0.475. The molecule has 1 fully saturated rings. The lowest BCUT2D eigenvalue weighted by atomic mass is 9.68. The molecule has 0 aliphatic heterocycles. The molecule has 1 aromatic carbocycles. The smallest absolute Gasteiger partial charge is 0.239 e. The van der Waals surface area contributed by atoms with E-state index in [9.17, 15) is 9.59 Å². The number of benzene rings is 1. The van der Waals surface area contributed by atoms with Crippen molar-refractivity contribution in [3.05, 3.63) is 35.4 Å². The van der Waals surface area contributed by atoms with E-state index in [4.69, 9.17) is 0 Å². The Morgan fingerprint density at radius 3 is 2.50 bits per heavy atom. The Labute approximate surface area is 132 Å². The average molecular weight is 302 g/mol. The first-order valence-corrected chi connectivity index (χ1v) is 8.20. The topological polar surface area (TPSA) is 58.2 Å². The zero-order chi connectivity index (χ0) is 16.0. The van der Waals surface area contributed by atoms with Crippen molar-refractivity contribution in [3.63, 3.8) is 0 Å². The molecule has 2 rings (SSSR count). The first-order valence-electron chi connectivity index (χ1n) is 8.20. The summed E-state index contributed by atoms with van der Waals surface area (Å²) in [5.41, 5.74) is 1.77. The van der Waals surface area contributed by atoms with Crippen LogP contribution in [0.2, 0.25) is 0 Å². The lowest BCUT2D eigenvalue weighted by Crippen LogP contribution is -2.48. The Balaban J connectivity index is 2.18. The molecule has 1 aliphatic carbocycles. The fourth-order valence-corrected chi connectivity index (χ4v) is 3.33. The molecule has 120 valence electrons. The van der Waals surface area contributed by atoms with Gasteiger partial charge in [-0.05, 0) is 32.3 Å². The largest absolute Gasteiger partial charge is 0.355 e. The third-order valence-corrected chi connectivity index (χ3v) is 4.50. The highest BCUT2D eigenvalue weighted by Crippen LogP contribution is 2.40. The standard InChI is InChI=1S/C18H26N2O2/c1-3-19-16(21)13-20-17(22)18(10-5-4-6-11-18)15-9-7-8-14(2)12-15/h7-9,12H,3-6,10-11,13H2,1-2H3,(H,19,21)(H,20,22). The van der Waals surface area contributed by atoms with E-state index in [1.807, 2.05) is 32.0 Å². The molecule has 0 heterocycles. The number of likely N-dealkylation sites (N-methyl/N-ethyl adjacent to an activating group) is 1. The first kappa shape index (κ1) is 16.5. The van der Waals surface area contributed by atoms with E-state index < -0.39 is 5.41 Å². The molecule has 0 aromatic heterocycles. The molecular weight excluding hydrogens is 276 g/mol. The normalized spacial score (nSPS) is 16.8. The van der Waals surface area contributed by atoms with Crippen LogP contribution in [0.4, 0.5) is 0 Å². The van der Waals surface area contributed by atoms with Crippen molar-refractivity contribution in [3.8, 4) is 0 Å². The fraction of sp³-hybridized carbons (Fsp3) is 0.556. The molecule has 1 aliphatic rings. The first-order chi connectivity index (χ1) is 10.6. The number of carbonyl (C=O) groups is 2. The lowest BCUT2D eigenvalue weighted by molar-refractivity contribution is -0.130. The second-order valence-electron chi connectivity index (χ2n) is 6.15. The monoisotopic (exact) mass is 302 g/mol. The highest BCUT2D eigenvalue weighted by molar-refractivity contribution is 5.91. The van der Waals surface area contributed by atoms with Crippen LogP contribution >= 0.6 is 0 Å². The third kappa shape index (κ3) is 3.67. The summed E-state index contributed by atoms with van der Waals surface area (Å²) in [6.45, 7) is 4.56. The van der Waals surface area contributed by atoms with Crippen LogP contribution in [0.1, 0.15) is 50.2 Å². The molecular formula is C18H26N2O2. The molecule has 1 aromatic rings. The maximum absolute atomic E-state index is 12.8. The van der Waals surface area contributed by atoms with Crippen LogP contribution in [-0.2, 0) is 15.0 Å². The maximum Gasteiger partial charge on any atom is 0.239 e. The molecule has 2 amide bonds. The SMILES string of the molecule is CCNC(=O)CNC(=O)C1(c2cccc(C)c2)CCCCC1. The number of nitrogens with one attached hydrogen (secondary N) is 2. The Kier molecular flexibility index (Phi) is 5.58. The van der Waals surface area contributed by atoms with Gasteiger partial charge in [-0.15, -0.1) is 0 Å². The predicted octanol–water partition coefficient (Wildman–Crippen LogP) is 2.45. The van der Waals surface area contributed by atoms with Crippen LogP contribution < -0.4 is 10.6 Å². The number of amides is 2. The van der Waals surface area contributed by atoms with Gasteiger partial charge in [0.25, 0.3) is 0 Å². The van der Waals surface area contributed by atoms with Crippen molar-refractivity contribution in [1.29, 1.82) is 0 Å². The van der Waals surface area contributed by atoms with Crippen LogP contribution in [0.3, 0.4) is 0 Å².